The first-order valence-electron chi connectivity index (χ1n) is 10.1. The maximum Gasteiger partial charge on any atom is 0.264 e. The van der Waals surface area contributed by atoms with Crippen LogP contribution < -0.4 is 14.4 Å². The van der Waals surface area contributed by atoms with E-state index in [0.717, 1.165) is 19.2 Å². The van der Waals surface area contributed by atoms with E-state index in [1.807, 2.05) is 43.3 Å². The smallest absolute Gasteiger partial charge is 0.264 e. The van der Waals surface area contributed by atoms with Crippen LogP contribution in [0, 0.1) is 3.57 Å². The van der Waals surface area contributed by atoms with E-state index in [9.17, 15) is 13.2 Å². The number of benzene rings is 3. The number of sulfonamides is 1. The fourth-order valence-electron chi connectivity index (χ4n) is 3.27. The third kappa shape index (κ3) is 5.80. The van der Waals surface area contributed by atoms with Crippen molar-refractivity contribution in [1.82, 2.24) is 5.32 Å². The molecule has 3 aromatic rings. The van der Waals surface area contributed by atoms with Crippen molar-refractivity contribution in [2.24, 2.45) is 0 Å². The topological polar surface area (TPSA) is 75.7 Å². The van der Waals surface area contributed by atoms with Crippen molar-refractivity contribution < 1.29 is 17.9 Å². The summed E-state index contributed by atoms with van der Waals surface area (Å²) in [6.07, 6.45) is 0.660. The number of halogens is 1. The van der Waals surface area contributed by atoms with Gasteiger partial charge in [0, 0.05) is 3.57 Å². The van der Waals surface area contributed by atoms with E-state index in [1.165, 1.54) is 12.1 Å². The van der Waals surface area contributed by atoms with Gasteiger partial charge in [-0.1, -0.05) is 37.3 Å². The van der Waals surface area contributed by atoms with Gasteiger partial charge in [0.1, 0.15) is 12.3 Å². The third-order valence-electron chi connectivity index (χ3n) is 4.99. The van der Waals surface area contributed by atoms with E-state index < -0.39 is 10.0 Å². The summed E-state index contributed by atoms with van der Waals surface area (Å²) in [6, 6.07) is 22.4. The molecule has 0 saturated carbocycles. The van der Waals surface area contributed by atoms with Gasteiger partial charge in [-0.25, -0.2) is 8.42 Å². The standard InChI is InChI=1S/C24H25IN2O4S/c1-3-23(18-9-15-21(31-2)16-10-18)26-24(28)17-27(20-13-11-19(25)12-14-20)32(29,30)22-7-5-4-6-8-22/h4-16,23H,3,17H2,1-2H3,(H,26,28)/t23-/m0/s1. The van der Waals surface area contributed by atoms with Crippen LogP contribution in [0.1, 0.15) is 24.9 Å². The second-order valence-corrected chi connectivity index (χ2v) is 10.2. The van der Waals surface area contributed by atoms with Crippen molar-refractivity contribution in [2.45, 2.75) is 24.3 Å². The number of methoxy groups -OCH3 is 1. The lowest BCUT2D eigenvalue weighted by molar-refractivity contribution is -0.120. The first-order chi connectivity index (χ1) is 15.3. The Bertz CT molecular complexity index is 1130. The van der Waals surface area contributed by atoms with Gasteiger partial charge in [0.2, 0.25) is 5.91 Å². The molecule has 6 nitrogen and oxygen atoms in total. The second kappa shape index (κ2) is 10.8. The molecule has 32 heavy (non-hydrogen) atoms. The summed E-state index contributed by atoms with van der Waals surface area (Å²) in [5.41, 5.74) is 1.36. The van der Waals surface area contributed by atoms with Gasteiger partial charge >= 0.3 is 0 Å². The lowest BCUT2D eigenvalue weighted by atomic mass is 10.0. The number of hydrogen-bond acceptors (Lipinski definition) is 4. The Hall–Kier alpha value is -2.59. The fraction of sp³-hybridized carbons (Fsp3) is 0.208. The minimum Gasteiger partial charge on any atom is -0.497 e. The minimum absolute atomic E-state index is 0.133. The molecular weight excluding hydrogens is 539 g/mol. The van der Waals surface area contributed by atoms with Crippen LogP contribution in [0.4, 0.5) is 5.69 Å². The molecule has 3 aromatic carbocycles. The highest BCUT2D eigenvalue weighted by atomic mass is 127. The summed E-state index contributed by atoms with van der Waals surface area (Å²) < 4.78 is 34.1. The number of rotatable bonds is 9. The summed E-state index contributed by atoms with van der Waals surface area (Å²) >= 11 is 2.15. The zero-order valence-corrected chi connectivity index (χ0v) is 20.8. The van der Waals surface area contributed by atoms with Crippen LogP contribution in [0.25, 0.3) is 0 Å². The molecular formula is C24H25IN2O4S. The molecule has 0 saturated heterocycles. The summed E-state index contributed by atoms with van der Waals surface area (Å²) in [5.74, 6) is 0.347. The molecule has 1 N–H and O–H groups in total. The minimum atomic E-state index is -3.92. The molecule has 0 unspecified atom stereocenters. The van der Waals surface area contributed by atoms with Crippen LogP contribution >= 0.6 is 22.6 Å². The van der Waals surface area contributed by atoms with Gasteiger partial charge in [0.25, 0.3) is 10.0 Å². The molecule has 0 aliphatic heterocycles. The number of anilines is 1. The summed E-state index contributed by atoms with van der Waals surface area (Å²) in [7, 11) is -2.33. The first kappa shape index (κ1) is 24.1. The summed E-state index contributed by atoms with van der Waals surface area (Å²) in [6.45, 7) is 1.64. The molecule has 8 heteroatoms. The van der Waals surface area contributed by atoms with Gasteiger partial charge in [-0.3, -0.25) is 9.10 Å². The number of hydrogen-bond donors (Lipinski definition) is 1. The van der Waals surface area contributed by atoms with Crippen LogP contribution in [0.5, 0.6) is 5.75 Å². The Kier molecular flexibility index (Phi) is 8.14. The normalized spacial score (nSPS) is 12.1. The molecule has 0 aliphatic carbocycles. The molecule has 0 aliphatic rings. The van der Waals surface area contributed by atoms with E-state index in [-0.39, 0.29) is 23.4 Å². The van der Waals surface area contributed by atoms with Crippen molar-refractivity contribution in [3.63, 3.8) is 0 Å². The number of amides is 1. The van der Waals surface area contributed by atoms with Crippen molar-refractivity contribution in [2.75, 3.05) is 18.0 Å². The molecule has 0 aromatic heterocycles. The predicted octanol–water partition coefficient (Wildman–Crippen LogP) is 4.76. The number of nitrogens with one attached hydrogen (secondary N) is 1. The highest BCUT2D eigenvalue weighted by Crippen LogP contribution is 2.25. The van der Waals surface area contributed by atoms with Gasteiger partial charge in [-0.15, -0.1) is 0 Å². The highest BCUT2D eigenvalue weighted by Gasteiger charge is 2.27. The van der Waals surface area contributed by atoms with Crippen LogP contribution in [0.15, 0.2) is 83.8 Å². The Balaban J connectivity index is 1.86. The SMILES string of the molecule is CC[C@H](NC(=O)CN(c1ccc(I)cc1)S(=O)(=O)c1ccccc1)c1ccc(OC)cc1. The molecule has 1 atom stereocenters. The molecule has 0 radical (unpaired) electrons. The maximum atomic E-state index is 13.4. The van der Waals surface area contributed by atoms with E-state index in [1.54, 1.807) is 37.4 Å². The van der Waals surface area contributed by atoms with Crippen molar-refractivity contribution >= 4 is 44.2 Å². The number of ether oxygens (including phenoxy) is 1. The van der Waals surface area contributed by atoms with Gasteiger partial charge < -0.3 is 10.1 Å². The summed E-state index contributed by atoms with van der Waals surface area (Å²) in [5, 5.41) is 2.97. The van der Waals surface area contributed by atoms with Crippen LogP contribution in [0.3, 0.4) is 0 Å². The lowest BCUT2D eigenvalue weighted by Gasteiger charge is -2.26. The van der Waals surface area contributed by atoms with E-state index >= 15 is 0 Å². The second-order valence-electron chi connectivity index (χ2n) is 7.10. The van der Waals surface area contributed by atoms with Crippen LogP contribution in [-0.4, -0.2) is 28.0 Å². The fourth-order valence-corrected chi connectivity index (χ4v) is 5.07. The maximum absolute atomic E-state index is 13.4. The van der Waals surface area contributed by atoms with Crippen molar-refractivity contribution in [3.8, 4) is 5.75 Å². The molecule has 1 amide bonds. The quantitative estimate of drug-likeness (QED) is 0.381. The highest BCUT2D eigenvalue weighted by molar-refractivity contribution is 14.1. The number of nitrogens with zero attached hydrogens (tertiary/aromatic N) is 1. The monoisotopic (exact) mass is 564 g/mol. The van der Waals surface area contributed by atoms with Crippen LogP contribution in [-0.2, 0) is 14.8 Å². The van der Waals surface area contributed by atoms with Gasteiger partial charge in [-0.05, 0) is 83.1 Å². The average molecular weight is 564 g/mol. The molecule has 168 valence electrons. The Morgan fingerprint density at radius 2 is 1.62 bits per heavy atom. The molecule has 0 bridgehead atoms. The Morgan fingerprint density at radius 3 is 2.19 bits per heavy atom. The van der Waals surface area contributed by atoms with Crippen molar-refractivity contribution in [3.05, 3.63) is 88.0 Å². The van der Waals surface area contributed by atoms with Gasteiger partial charge in [0.15, 0.2) is 0 Å². The summed E-state index contributed by atoms with van der Waals surface area (Å²) in [4.78, 5) is 13.1. The largest absolute Gasteiger partial charge is 0.497 e. The number of carbonyl (C=O) groups is 1. The zero-order chi connectivity index (χ0) is 23.1. The third-order valence-corrected chi connectivity index (χ3v) is 7.50. The van der Waals surface area contributed by atoms with E-state index in [0.29, 0.717) is 12.1 Å². The first-order valence-corrected chi connectivity index (χ1v) is 12.6. The number of carbonyl (C=O) groups excluding carboxylic acids is 1. The van der Waals surface area contributed by atoms with Gasteiger partial charge in [0.05, 0.1) is 23.7 Å². The predicted molar refractivity (Wildman–Crippen MR) is 134 cm³/mol. The zero-order valence-electron chi connectivity index (χ0n) is 17.9. The molecule has 0 fully saturated rings. The van der Waals surface area contributed by atoms with Crippen LogP contribution in [0.2, 0.25) is 0 Å². The Labute approximate surface area is 202 Å². The lowest BCUT2D eigenvalue weighted by Crippen LogP contribution is -2.42. The molecule has 3 rings (SSSR count). The molecule has 0 heterocycles. The Morgan fingerprint density at radius 1 is 1.00 bits per heavy atom. The van der Waals surface area contributed by atoms with E-state index in [4.69, 9.17) is 4.74 Å². The van der Waals surface area contributed by atoms with Crippen molar-refractivity contribution in [1.29, 1.82) is 0 Å². The van der Waals surface area contributed by atoms with Gasteiger partial charge in [-0.2, -0.15) is 0 Å². The average Bonchev–Trinajstić information content (AvgIpc) is 2.82. The molecule has 0 spiro atoms. The van der Waals surface area contributed by atoms with E-state index in [2.05, 4.69) is 27.9 Å².